The fraction of sp³-hybridized carbons (Fsp3) is 0.125. The molecule has 0 fully saturated rings. The molecule has 3 nitrogen and oxygen atoms in total. The van der Waals surface area contributed by atoms with Crippen LogP contribution in [0.3, 0.4) is 0 Å². The van der Waals surface area contributed by atoms with Gasteiger partial charge in [0.1, 0.15) is 5.58 Å². The maximum atomic E-state index is 6.17. The molecule has 1 aliphatic heterocycles. The molecule has 4 rings (SSSR count). The predicted octanol–water partition coefficient (Wildman–Crippen LogP) is 4.73. The first kappa shape index (κ1) is 11.7. The minimum atomic E-state index is -0.912. The number of rotatable bonds is 1. The second-order valence-electron chi connectivity index (χ2n) is 4.85. The Labute approximate surface area is 120 Å². The van der Waals surface area contributed by atoms with Gasteiger partial charge in [-0.3, -0.25) is 0 Å². The van der Waals surface area contributed by atoms with Gasteiger partial charge in [0, 0.05) is 12.3 Å². The van der Waals surface area contributed by atoms with Gasteiger partial charge in [-0.1, -0.05) is 23.7 Å². The Morgan fingerprint density at radius 2 is 1.65 bits per heavy atom. The van der Waals surface area contributed by atoms with Crippen molar-refractivity contribution >= 4 is 22.6 Å². The molecule has 0 amide bonds. The third-order valence-electron chi connectivity index (χ3n) is 3.51. The molecule has 0 aliphatic carbocycles. The van der Waals surface area contributed by atoms with Crippen molar-refractivity contribution in [1.82, 2.24) is 0 Å². The van der Waals surface area contributed by atoms with E-state index in [0.717, 1.165) is 22.4 Å². The molecule has 1 aliphatic rings. The van der Waals surface area contributed by atoms with Crippen LogP contribution in [0.15, 0.2) is 53.1 Å². The Kier molecular flexibility index (Phi) is 2.30. The van der Waals surface area contributed by atoms with Gasteiger partial charge in [-0.2, -0.15) is 0 Å². The van der Waals surface area contributed by atoms with Gasteiger partial charge in [0.2, 0.25) is 0 Å². The Morgan fingerprint density at radius 3 is 2.35 bits per heavy atom. The first-order chi connectivity index (χ1) is 9.67. The molecule has 2 aromatic carbocycles. The van der Waals surface area contributed by atoms with Gasteiger partial charge in [0.05, 0.1) is 16.8 Å². The van der Waals surface area contributed by atoms with Crippen molar-refractivity contribution in [2.24, 2.45) is 0 Å². The molecule has 2 heterocycles. The zero-order valence-electron chi connectivity index (χ0n) is 10.7. The van der Waals surface area contributed by atoms with Crippen LogP contribution in [-0.2, 0) is 5.79 Å². The van der Waals surface area contributed by atoms with Crippen molar-refractivity contribution in [2.45, 2.75) is 12.7 Å². The van der Waals surface area contributed by atoms with E-state index in [-0.39, 0.29) is 0 Å². The van der Waals surface area contributed by atoms with E-state index < -0.39 is 5.79 Å². The van der Waals surface area contributed by atoms with E-state index in [2.05, 4.69) is 0 Å². The lowest BCUT2D eigenvalue weighted by molar-refractivity contribution is -0.0673. The molecule has 0 unspecified atom stereocenters. The largest absolute Gasteiger partial charge is 0.464 e. The molecule has 1 aromatic heterocycles. The maximum Gasteiger partial charge on any atom is 0.279 e. The SMILES string of the molecule is CC1(c2ccc(Cl)c3ccoc23)Oc2ccccc2O1. The highest BCUT2D eigenvalue weighted by Crippen LogP contribution is 2.45. The lowest BCUT2D eigenvalue weighted by Gasteiger charge is -2.23. The van der Waals surface area contributed by atoms with Crippen LogP contribution in [0.5, 0.6) is 11.5 Å². The Hall–Kier alpha value is -2.13. The number of furan rings is 1. The molecule has 20 heavy (non-hydrogen) atoms. The Balaban J connectivity index is 1.89. The van der Waals surface area contributed by atoms with E-state index in [1.807, 2.05) is 49.4 Å². The first-order valence-corrected chi connectivity index (χ1v) is 6.68. The summed E-state index contributed by atoms with van der Waals surface area (Å²) in [6.07, 6.45) is 1.62. The highest BCUT2D eigenvalue weighted by molar-refractivity contribution is 6.35. The van der Waals surface area contributed by atoms with Crippen LogP contribution in [0, 0.1) is 0 Å². The van der Waals surface area contributed by atoms with E-state index in [1.54, 1.807) is 6.26 Å². The summed E-state index contributed by atoms with van der Waals surface area (Å²) in [5, 5.41) is 1.50. The number of hydrogen-bond donors (Lipinski definition) is 0. The van der Waals surface area contributed by atoms with Gasteiger partial charge < -0.3 is 13.9 Å². The van der Waals surface area contributed by atoms with E-state index >= 15 is 0 Å². The fourth-order valence-electron chi connectivity index (χ4n) is 2.55. The number of fused-ring (bicyclic) bond motifs is 2. The average Bonchev–Trinajstić information content (AvgIpc) is 3.03. The molecule has 0 saturated heterocycles. The summed E-state index contributed by atoms with van der Waals surface area (Å²) in [7, 11) is 0. The van der Waals surface area contributed by atoms with Crippen LogP contribution in [0.4, 0.5) is 0 Å². The quantitative estimate of drug-likeness (QED) is 0.648. The van der Waals surface area contributed by atoms with Crippen molar-refractivity contribution in [3.8, 4) is 11.5 Å². The van der Waals surface area contributed by atoms with Gasteiger partial charge >= 0.3 is 0 Å². The number of ether oxygens (including phenoxy) is 2. The lowest BCUT2D eigenvalue weighted by atomic mass is 10.0. The molecule has 0 N–H and O–H groups in total. The van der Waals surface area contributed by atoms with E-state index in [4.69, 9.17) is 25.5 Å². The zero-order chi connectivity index (χ0) is 13.7. The van der Waals surface area contributed by atoms with Crippen LogP contribution in [-0.4, -0.2) is 0 Å². The highest BCUT2D eigenvalue weighted by Gasteiger charge is 2.40. The summed E-state index contributed by atoms with van der Waals surface area (Å²) in [6.45, 7) is 1.87. The minimum absolute atomic E-state index is 0.650. The maximum absolute atomic E-state index is 6.17. The first-order valence-electron chi connectivity index (χ1n) is 6.31. The highest BCUT2D eigenvalue weighted by atomic mass is 35.5. The Morgan fingerprint density at radius 1 is 0.950 bits per heavy atom. The molecule has 0 radical (unpaired) electrons. The summed E-state index contributed by atoms with van der Waals surface area (Å²) in [5.74, 6) is 0.541. The number of halogens is 1. The average molecular weight is 287 g/mol. The topological polar surface area (TPSA) is 31.6 Å². The standard InChI is InChI=1S/C16H11ClO3/c1-16(19-13-4-2-3-5-14(13)20-16)11-6-7-12(17)10-8-9-18-15(10)11/h2-9H,1H3. The van der Waals surface area contributed by atoms with Crippen LogP contribution in [0.1, 0.15) is 12.5 Å². The molecule has 3 aromatic rings. The van der Waals surface area contributed by atoms with Gasteiger partial charge in [0.15, 0.2) is 11.5 Å². The summed E-state index contributed by atoms with van der Waals surface area (Å²) >= 11 is 6.17. The number of benzene rings is 2. The number of hydrogen-bond acceptors (Lipinski definition) is 3. The second kappa shape index (κ2) is 3.93. The Bertz CT molecular complexity index is 781. The molecule has 0 spiro atoms. The van der Waals surface area contributed by atoms with Gasteiger partial charge in [-0.05, 0) is 30.3 Å². The lowest BCUT2D eigenvalue weighted by Crippen LogP contribution is -2.31. The molecule has 0 atom stereocenters. The third-order valence-corrected chi connectivity index (χ3v) is 3.84. The summed E-state index contributed by atoms with van der Waals surface area (Å²) in [5.41, 5.74) is 1.51. The molecular weight excluding hydrogens is 276 g/mol. The summed E-state index contributed by atoms with van der Waals surface area (Å²) in [6, 6.07) is 13.1. The van der Waals surface area contributed by atoms with Gasteiger partial charge in [0.25, 0.3) is 5.79 Å². The van der Waals surface area contributed by atoms with Crippen molar-refractivity contribution < 1.29 is 13.9 Å². The van der Waals surface area contributed by atoms with E-state index in [1.165, 1.54) is 0 Å². The van der Waals surface area contributed by atoms with Gasteiger partial charge in [-0.15, -0.1) is 0 Å². The summed E-state index contributed by atoms with van der Waals surface area (Å²) < 4.78 is 17.5. The van der Waals surface area contributed by atoms with E-state index in [0.29, 0.717) is 10.6 Å². The smallest absolute Gasteiger partial charge is 0.279 e. The van der Waals surface area contributed by atoms with Crippen molar-refractivity contribution in [2.75, 3.05) is 0 Å². The monoisotopic (exact) mass is 286 g/mol. The van der Waals surface area contributed by atoms with Crippen LogP contribution in [0.2, 0.25) is 5.02 Å². The van der Waals surface area contributed by atoms with Gasteiger partial charge in [-0.25, -0.2) is 0 Å². The number of para-hydroxylation sites is 2. The molecule has 0 bridgehead atoms. The molecule has 4 heteroatoms. The molecular formula is C16H11ClO3. The van der Waals surface area contributed by atoms with Crippen molar-refractivity contribution in [3.05, 3.63) is 59.3 Å². The fourth-order valence-corrected chi connectivity index (χ4v) is 2.77. The van der Waals surface area contributed by atoms with Crippen molar-refractivity contribution in [1.29, 1.82) is 0 Å². The van der Waals surface area contributed by atoms with Crippen molar-refractivity contribution in [3.63, 3.8) is 0 Å². The normalized spacial score (nSPS) is 15.7. The molecule has 0 saturated carbocycles. The predicted molar refractivity (Wildman–Crippen MR) is 76.3 cm³/mol. The summed E-state index contributed by atoms with van der Waals surface area (Å²) in [4.78, 5) is 0. The second-order valence-corrected chi connectivity index (χ2v) is 5.26. The third kappa shape index (κ3) is 1.53. The van der Waals surface area contributed by atoms with Crippen LogP contribution in [0.25, 0.3) is 11.0 Å². The zero-order valence-corrected chi connectivity index (χ0v) is 11.5. The van der Waals surface area contributed by atoms with Crippen LogP contribution >= 0.6 is 11.6 Å². The van der Waals surface area contributed by atoms with Crippen LogP contribution < -0.4 is 9.47 Å². The minimum Gasteiger partial charge on any atom is -0.464 e. The molecule has 100 valence electrons. The van der Waals surface area contributed by atoms with E-state index in [9.17, 15) is 0 Å².